The first kappa shape index (κ1) is 37.7. The summed E-state index contributed by atoms with van der Waals surface area (Å²) < 4.78 is 242. The Hall–Kier alpha value is -1.52. The molecule has 2 rings (SSSR count). The summed E-state index contributed by atoms with van der Waals surface area (Å²) in [6.45, 7) is 1.49. The van der Waals surface area contributed by atoms with Gasteiger partial charge in [0.15, 0.2) is 0 Å². The number of esters is 2. The molecular weight excluding hydrogens is 766 g/mol. The van der Waals surface area contributed by atoms with E-state index in [0.717, 1.165) is 29.5 Å². The number of fused-ring (bicyclic) bond motifs is 2. The van der Waals surface area contributed by atoms with Crippen LogP contribution in [0.4, 0.5) is 74.6 Å². The Balaban J connectivity index is 2.66. The summed E-state index contributed by atoms with van der Waals surface area (Å²) >= 11 is 0.883. The molecule has 0 spiro atoms. The van der Waals surface area contributed by atoms with Crippen LogP contribution < -0.4 is 0 Å². The summed E-state index contributed by atoms with van der Waals surface area (Å²) in [7, 11) is 0. The van der Waals surface area contributed by atoms with E-state index in [4.69, 9.17) is 4.74 Å². The summed E-state index contributed by atoms with van der Waals surface area (Å²) in [6.07, 6.45) is -8.70. The lowest BCUT2D eigenvalue weighted by Gasteiger charge is -2.46. The SMILES string of the molecule is CCOC(=O)C1C2CC(C1C(=O)OCC)C(C(F)(F)C(F)(F)C(F)(F)C(F)(F)C(F)(F)C(F)(F)C(F)(F)C(F)(F)F)C2I. The van der Waals surface area contributed by atoms with Crippen molar-refractivity contribution in [3.63, 3.8) is 0 Å². The average Bonchev–Trinajstić information content (AvgIpc) is 3.38. The van der Waals surface area contributed by atoms with Crippen LogP contribution in [0.2, 0.25) is 0 Å². The number of hydrogen-bond donors (Lipinski definition) is 0. The molecule has 43 heavy (non-hydrogen) atoms. The Morgan fingerprint density at radius 2 is 0.907 bits per heavy atom. The molecule has 2 saturated carbocycles. The van der Waals surface area contributed by atoms with E-state index in [1.54, 1.807) is 0 Å². The van der Waals surface area contributed by atoms with E-state index in [0.29, 0.717) is 0 Å². The zero-order valence-corrected chi connectivity index (χ0v) is 23.2. The van der Waals surface area contributed by atoms with Gasteiger partial charge in [0.1, 0.15) is 0 Å². The molecule has 0 aromatic carbocycles. The molecule has 252 valence electrons. The Kier molecular flexibility index (Phi) is 9.70. The van der Waals surface area contributed by atoms with Gasteiger partial charge >= 0.3 is 59.6 Å². The second-order valence-corrected chi connectivity index (χ2v) is 11.1. The Morgan fingerprint density at radius 3 is 1.26 bits per heavy atom. The molecule has 0 heterocycles. The number of rotatable bonds is 11. The third-order valence-electron chi connectivity index (χ3n) is 7.35. The fraction of sp³-hybridized carbons (Fsp3) is 0.905. The standard InChI is InChI=1S/C21H18F17IO4/c1-3-42-12(40)8-6-5-7(9(8)13(41)43-4-2)11(39)10(6)14(22,23)15(24,25)16(26,27)17(28,29)18(30,31)19(32,33)20(34,35)21(36,37)38/h6-11H,3-5H2,1-2H3. The van der Waals surface area contributed by atoms with Gasteiger partial charge in [0, 0.05) is 9.84 Å². The van der Waals surface area contributed by atoms with Crippen molar-refractivity contribution in [2.45, 2.75) is 71.8 Å². The van der Waals surface area contributed by atoms with Gasteiger partial charge in [-0.25, -0.2) is 0 Å². The highest BCUT2D eigenvalue weighted by atomic mass is 127. The van der Waals surface area contributed by atoms with Gasteiger partial charge in [-0.3, -0.25) is 9.59 Å². The number of carbonyl (C=O) groups excluding carboxylic acids is 2. The maximum atomic E-state index is 15.3. The molecule has 2 bridgehead atoms. The lowest BCUT2D eigenvalue weighted by molar-refractivity contribution is -0.463. The molecule has 6 unspecified atom stereocenters. The van der Waals surface area contributed by atoms with E-state index in [-0.39, 0.29) is 6.61 Å². The first-order chi connectivity index (χ1) is 19.0. The van der Waals surface area contributed by atoms with Crippen LogP contribution in [-0.4, -0.2) is 76.7 Å². The zero-order valence-electron chi connectivity index (χ0n) is 21.0. The molecule has 0 saturated heterocycles. The minimum absolute atomic E-state index is 0.376. The largest absolute Gasteiger partial charge is 0.466 e. The van der Waals surface area contributed by atoms with Gasteiger partial charge in [-0.15, -0.1) is 0 Å². The smallest absolute Gasteiger partial charge is 0.460 e. The van der Waals surface area contributed by atoms with E-state index < -0.39 is 106 Å². The highest BCUT2D eigenvalue weighted by Crippen LogP contribution is 2.69. The minimum Gasteiger partial charge on any atom is -0.466 e. The molecule has 0 radical (unpaired) electrons. The van der Waals surface area contributed by atoms with Gasteiger partial charge in [-0.1, -0.05) is 22.6 Å². The maximum Gasteiger partial charge on any atom is 0.460 e. The van der Waals surface area contributed by atoms with E-state index >= 15 is 8.78 Å². The van der Waals surface area contributed by atoms with Gasteiger partial charge in [0.25, 0.3) is 0 Å². The molecule has 0 aliphatic heterocycles. The van der Waals surface area contributed by atoms with Gasteiger partial charge in [0.05, 0.1) is 25.0 Å². The zero-order chi connectivity index (χ0) is 34.2. The number of carbonyl (C=O) groups is 2. The highest BCUT2D eigenvalue weighted by molar-refractivity contribution is 14.1. The molecule has 2 aliphatic rings. The van der Waals surface area contributed by atoms with Gasteiger partial charge in [-0.2, -0.15) is 74.6 Å². The van der Waals surface area contributed by atoms with E-state index in [1.807, 2.05) is 0 Å². The fourth-order valence-electron chi connectivity index (χ4n) is 5.31. The summed E-state index contributed by atoms with van der Waals surface area (Å²) in [6, 6.07) is 0. The normalized spacial score (nSPS) is 27.8. The second-order valence-electron chi connectivity index (χ2n) is 9.66. The van der Waals surface area contributed by atoms with Crippen molar-refractivity contribution in [1.29, 1.82) is 0 Å². The van der Waals surface area contributed by atoms with Crippen LogP contribution in [-0.2, 0) is 19.1 Å². The molecule has 6 atom stereocenters. The summed E-state index contributed by atoms with van der Waals surface area (Å²) in [4.78, 5) is 24.9. The van der Waals surface area contributed by atoms with Crippen molar-refractivity contribution < 1.29 is 93.7 Å². The van der Waals surface area contributed by atoms with Crippen LogP contribution in [0, 0.1) is 29.6 Å². The number of halogens is 18. The van der Waals surface area contributed by atoms with Crippen LogP contribution in [0.15, 0.2) is 0 Å². The van der Waals surface area contributed by atoms with Crippen LogP contribution in [0.3, 0.4) is 0 Å². The fourth-order valence-corrected chi connectivity index (χ4v) is 7.04. The van der Waals surface area contributed by atoms with Crippen LogP contribution >= 0.6 is 22.6 Å². The molecule has 0 aromatic heterocycles. The predicted octanol–water partition coefficient (Wildman–Crippen LogP) is 7.42. The van der Waals surface area contributed by atoms with E-state index in [2.05, 4.69) is 4.74 Å². The average molecular weight is 784 g/mol. The Labute approximate surface area is 243 Å². The van der Waals surface area contributed by atoms with Crippen molar-refractivity contribution in [3.8, 4) is 0 Å². The van der Waals surface area contributed by atoms with Gasteiger partial charge < -0.3 is 9.47 Å². The summed E-state index contributed by atoms with van der Waals surface area (Å²) in [5.41, 5.74) is 0. The van der Waals surface area contributed by atoms with Crippen LogP contribution in [0.1, 0.15) is 20.3 Å². The lowest BCUT2D eigenvalue weighted by atomic mass is 9.69. The molecule has 2 fully saturated rings. The second kappa shape index (κ2) is 11.1. The monoisotopic (exact) mass is 784 g/mol. The lowest BCUT2D eigenvalue weighted by Crippen LogP contribution is -2.75. The number of hydrogen-bond acceptors (Lipinski definition) is 4. The number of ether oxygens (including phenoxy) is 2. The molecule has 0 amide bonds. The van der Waals surface area contributed by atoms with Gasteiger partial charge in [-0.05, 0) is 32.1 Å². The predicted molar refractivity (Wildman–Crippen MR) is 114 cm³/mol. The minimum atomic E-state index is -8.73. The maximum absolute atomic E-state index is 15.3. The Bertz CT molecular complexity index is 1080. The molecular formula is C21H18F17IO4. The quantitative estimate of drug-likeness (QED) is 0.0948. The van der Waals surface area contributed by atoms with Crippen molar-refractivity contribution in [2.75, 3.05) is 13.2 Å². The number of alkyl halides is 18. The van der Waals surface area contributed by atoms with Crippen LogP contribution in [0.5, 0.6) is 0 Å². The van der Waals surface area contributed by atoms with Crippen molar-refractivity contribution in [3.05, 3.63) is 0 Å². The van der Waals surface area contributed by atoms with Crippen molar-refractivity contribution in [2.24, 2.45) is 29.6 Å². The van der Waals surface area contributed by atoms with E-state index in [1.165, 1.54) is 6.92 Å². The highest BCUT2D eigenvalue weighted by Gasteiger charge is 2.96. The summed E-state index contributed by atoms with van der Waals surface area (Å²) in [5, 5.41) is 0. The van der Waals surface area contributed by atoms with Gasteiger partial charge in [0.2, 0.25) is 0 Å². The molecule has 4 nitrogen and oxygen atoms in total. The molecule has 0 N–H and O–H groups in total. The topological polar surface area (TPSA) is 52.6 Å². The summed E-state index contributed by atoms with van der Waals surface area (Å²) in [5.74, 6) is -71.3. The van der Waals surface area contributed by atoms with E-state index in [9.17, 15) is 75.4 Å². The molecule has 22 heteroatoms. The molecule has 0 aromatic rings. The third kappa shape index (κ3) is 5.00. The molecule has 2 aliphatic carbocycles. The van der Waals surface area contributed by atoms with Crippen LogP contribution in [0.25, 0.3) is 0 Å². The Morgan fingerprint density at radius 1 is 0.581 bits per heavy atom. The van der Waals surface area contributed by atoms with Crippen molar-refractivity contribution >= 4 is 34.5 Å². The first-order valence-corrected chi connectivity index (χ1v) is 12.9. The first-order valence-electron chi connectivity index (χ1n) is 11.7. The third-order valence-corrected chi connectivity index (χ3v) is 9.05. The van der Waals surface area contributed by atoms with Crippen molar-refractivity contribution in [1.82, 2.24) is 0 Å².